The number of hydrogen-bond acceptors (Lipinski definition) is 6. The van der Waals surface area contributed by atoms with Crippen molar-refractivity contribution in [2.75, 3.05) is 30.8 Å². The molecule has 8 nitrogen and oxygen atoms in total. The van der Waals surface area contributed by atoms with E-state index in [1.54, 1.807) is 4.57 Å². The number of imidazole rings is 1. The molecule has 1 saturated heterocycles. The monoisotopic (exact) mass is 264 g/mol. The van der Waals surface area contributed by atoms with Gasteiger partial charge in [-0.15, -0.1) is 0 Å². The Morgan fingerprint density at radius 3 is 2.74 bits per heavy atom. The van der Waals surface area contributed by atoms with E-state index in [4.69, 9.17) is 10.5 Å². The number of anilines is 2. The maximum Gasteiger partial charge on any atom is 0.327 e. The predicted molar refractivity (Wildman–Crippen MR) is 71.1 cm³/mol. The average Bonchev–Trinajstić information content (AvgIpc) is 3.03. The van der Waals surface area contributed by atoms with Crippen LogP contribution in [0.4, 0.5) is 11.8 Å². The van der Waals surface area contributed by atoms with E-state index in [1.165, 1.54) is 12.8 Å². The number of H-pyrrole nitrogens is 1. The van der Waals surface area contributed by atoms with Crippen LogP contribution in [-0.4, -0.2) is 39.3 Å². The first-order valence-corrected chi connectivity index (χ1v) is 6.33. The molecule has 0 radical (unpaired) electrons. The molecule has 2 aromatic rings. The normalized spacial score (nSPS) is 16.8. The van der Waals surface area contributed by atoms with Gasteiger partial charge in [-0.1, -0.05) is 0 Å². The smallest absolute Gasteiger partial charge is 0.327 e. The van der Waals surface area contributed by atoms with Gasteiger partial charge >= 0.3 is 5.69 Å². The molecule has 0 aromatic carbocycles. The zero-order valence-corrected chi connectivity index (χ0v) is 10.5. The SMILES string of the molecule is C1CCOC1.Nc1nc2c3c(n1)[nH]c(=O)n3CCN2. The Hall–Kier alpha value is -2.09. The van der Waals surface area contributed by atoms with Crippen LogP contribution in [0, 0.1) is 0 Å². The van der Waals surface area contributed by atoms with Gasteiger partial charge in [0, 0.05) is 26.3 Å². The molecule has 4 rings (SSSR count). The van der Waals surface area contributed by atoms with Crippen molar-refractivity contribution in [2.24, 2.45) is 0 Å². The van der Waals surface area contributed by atoms with E-state index >= 15 is 0 Å². The average molecular weight is 264 g/mol. The van der Waals surface area contributed by atoms with Crippen LogP contribution in [0.15, 0.2) is 4.79 Å². The van der Waals surface area contributed by atoms with Gasteiger partial charge in [0.15, 0.2) is 11.5 Å². The number of nitrogens with two attached hydrogens (primary N) is 1. The third-order valence-electron chi connectivity index (χ3n) is 3.10. The molecule has 2 aromatic heterocycles. The molecule has 0 saturated carbocycles. The highest BCUT2D eigenvalue weighted by Crippen LogP contribution is 2.20. The highest BCUT2D eigenvalue weighted by molar-refractivity contribution is 5.85. The van der Waals surface area contributed by atoms with Gasteiger partial charge in [-0.25, -0.2) is 4.79 Å². The molecule has 0 atom stereocenters. The molecule has 4 heterocycles. The van der Waals surface area contributed by atoms with Crippen molar-refractivity contribution in [3.8, 4) is 0 Å². The number of aromatic nitrogens is 4. The summed E-state index contributed by atoms with van der Waals surface area (Å²) in [6.45, 7) is 3.30. The zero-order chi connectivity index (χ0) is 13.2. The first-order chi connectivity index (χ1) is 9.25. The molecule has 2 aliphatic rings. The molecule has 4 N–H and O–H groups in total. The molecule has 0 amide bonds. The summed E-state index contributed by atoms with van der Waals surface area (Å²) in [5.74, 6) is 0.785. The lowest BCUT2D eigenvalue weighted by molar-refractivity contribution is 0.198. The number of aromatic amines is 1. The Labute approximate surface area is 109 Å². The number of rotatable bonds is 0. The van der Waals surface area contributed by atoms with Crippen LogP contribution in [0.3, 0.4) is 0 Å². The summed E-state index contributed by atoms with van der Waals surface area (Å²) in [6, 6.07) is 0. The molecular formula is C11H16N6O2. The molecule has 0 unspecified atom stereocenters. The van der Waals surface area contributed by atoms with Crippen molar-refractivity contribution in [1.29, 1.82) is 0 Å². The Morgan fingerprint density at radius 1 is 1.26 bits per heavy atom. The predicted octanol–water partition coefficient (Wildman–Crippen LogP) is -0.0759. The minimum absolute atomic E-state index is 0.162. The highest BCUT2D eigenvalue weighted by atomic mass is 16.5. The number of ether oxygens (including phenoxy) is 1. The van der Waals surface area contributed by atoms with Crippen molar-refractivity contribution < 1.29 is 4.74 Å². The minimum atomic E-state index is -0.164. The molecule has 0 aliphatic carbocycles. The van der Waals surface area contributed by atoms with Crippen LogP contribution in [0.25, 0.3) is 11.2 Å². The largest absolute Gasteiger partial charge is 0.381 e. The topological polar surface area (TPSA) is 111 Å². The molecule has 19 heavy (non-hydrogen) atoms. The molecule has 102 valence electrons. The Bertz CT molecular complexity index is 635. The lowest BCUT2D eigenvalue weighted by atomic mass is 10.4. The van der Waals surface area contributed by atoms with Gasteiger partial charge in [0.2, 0.25) is 5.95 Å². The summed E-state index contributed by atoms with van der Waals surface area (Å²) < 4.78 is 6.56. The number of nitrogen functional groups attached to an aromatic ring is 1. The van der Waals surface area contributed by atoms with E-state index in [0.29, 0.717) is 30.1 Å². The molecule has 0 spiro atoms. The number of nitrogens with zero attached hydrogens (tertiary/aromatic N) is 3. The van der Waals surface area contributed by atoms with Crippen molar-refractivity contribution in [2.45, 2.75) is 19.4 Å². The second kappa shape index (κ2) is 4.88. The summed E-state index contributed by atoms with van der Waals surface area (Å²) in [5.41, 5.74) is 6.52. The van der Waals surface area contributed by atoms with Gasteiger partial charge in [-0.2, -0.15) is 9.97 Å². The van der Waals surface area contributed by atoms with Gasteiger partial charge < -0.3 is 15.8 Å². The van der Waals surface area contributed by atoms with E-state index in [1.807, 2.05) is 0 Å². The quantitative estimate of drug-likeness (QED) is 0.614. The zero-order valence-electron chi connectivity index (χ0n) is 10.5. The van der Waals surface area contributed by atoms with E-state index in [2.05, 4.69) is 20.3 Å². The fraction of sp³-hybridized carbons (Fsp3) is 0.545. The van der Waals surface area contributed by atoms with Gasteiger partial charge in [0.1, 0.15) is 5.52 Å². The Balaban J connectivity index is 0.000000187. The van der Waals surface area contributed by atoms with Crippen molar-refractivity contribution in [3.63, 3.8) is 0 Å². The molecule has 0 bridgehead atoms. The number of hydrogen-bond donors (Lipinski definition) is 3. The van der Waals surface area contributed by atoms with E-state index in [-0.39, 0.29) is 11.6 Å². The lowest BCUT2D eigenvalue weighted by Gasteiger charge is -2.14. The maximum absolute atomic E-state index is 11.4. The maximum atomic E-state index is 11.4. The van der Waals surface area contributed by atoms with Crippen molar-refractivity contribution in [1.82, 2.24) is 19.5 Å². The van der Waals surface area contributed by atoms with Crippen LogP contribution >= 0.6 is 0 Å². The lowest BCUT2D eigenvalue weighted by Crippen LogP contribution is -2.25. The second-order valence-electron chi connectivity index (χ2n) is 4.46. The van der Waals surface area contributed by atoms with Crippen LogP contribution in [-0.2, 0) is 11.3 Å². The first-order valence-electron chi connectivity index (χ1n) is 6.33. The fourth-order valence-corrected chi connectivity index (χ4v) is 2.22. The van der Waals surface area contributed by atoms with Crippen molar-refractivity contribution in [3.05, 3.63) is 10.5 Å². The fourth-order valence-electron chi connectivity index (χ4n) is 2.22. The molecule has 8 heteroatoms. The summed E-state index contributed by atoms with van der Waals surface area (Å²) in [7, 11) is 0. The third-order valence-corrected chi connectivity index (χ3v) is 3.10. The Kier molecular flexibility index (Phi) is 3.08. The summed E-state index contributed by atoms with van der Waals surface area (Å²) in [6.07, 6.45) is 2.56. The van der Waals surface area contributed by atoms with Gasteiger partial charge in [-0.3, -0.25) is 9.55 Å². The molecule has 2 aliphatic heterocycles. The van der Waals surface area contributed by atoms with E-state index in [0.717, 1.165) is 13.2 Å². The van der Waals surface area contributed by atoms with E-state index in [9.17, 15) is 4.79 Å². The summed E-state index contributed by atoms with van der Waals surface area (Å²) in [5, 5.41) is 3.07. The minimum Gasteiger partial charge on any atom is -0.381 e. The van der Waals surface area contributed by atoms with Gasteiger partial charge in [-0.05, 0) is 12.8 Å². The highest BCUT2D eigenvalue weighted by Gasteiger charge is 2.17. The van der Waals surface area contributed by atoms with Crippen LogP contribution in [0.5, 0.6) is 0 Å². The van der Waals surface area contributed by atoms with Gasteiger partial charge in [0.05, 0.1) is 0 Å². The van der Waals surface area contributed by atoms with Crippen LogP contribution in [0.1, 0.15) is 12.8 Å². The van der Waals surface area contributed by atoms with Gasteiger partial charge in [0.25, 0.3) is 0 Å². The summed E-state index contributed by atoms with van der Waals surface area (Å²) >= 11 is 0. The van der Waals surface area contributed by atoms with E-state index < -0.39 is 0 Å². The van der Waals surface area contributed by atoms with Crippen LogP contribution < -0.4 is 16.7 Å². The van der Waals surface area contributed by atoms with Crippen molar-refractivity contribution >= 4 is 22.9 Å². The summed E-state index contributed by atoms with van der Waals surface area (Å²) in [4.78, 5) is 22.0. The molecular weight excluding hydrogens is 248 g/mol. The second-order valence-corrected chi connectivity index (χ2v) is 4.46. The first kappa shape index (κ1) is 12.0. The molecule has 1 fully saturated rings. The standard InChI is InChI=1S/C7H8N6O.C4H8O/c8-6-10-4-3-5(11-6)12-7(14)13(3)2-1-9-4;1-2-4-5-3-1/h1-2H2,(H4,8,9,10,11,12,14);1-4H2. The number of nitrogens with one attached hydrogen (secondary N) is 2. The van der Waals surface area contributed by atoms with Crippen LogP contribution in [0.2, 0.25) is 0 Å². The third kappa shape index (κ3) is 2.26. The Morgan fingerprint density at radius 2 is 2.05 bits per heavy atom.